The predicted molar refractivity (Wildman–Crippen MR) is 120 cm³/mol. The van der Waals surface area contributed by atoms with Crippen molar-refractivity contribution in [3.8, 4) is 0 Å². The van der Waals surface area contributed by atoms with Crippen LogP contribution in [0.3, 0.4) is 0 Å². The van der Waals surface area contributed by atoms with Crippen molar-refractivity contribution in [3.05, 3.63) is 53.7 Å². The molecule has 1 saturated heterocycles. The average Bonchev–Trinajstić information content (AvgIpc) is 2.72. The van der Waals surface area contributed by atoms with E-state index in [-0.39, 0.29) is 16.7 Å². The summed E-state index contributed by atoms with van der Waals surface area (Å²) in [6.45, 7) is 7.61. The molecule has 1 aromatic heterocycles. The topological polar surface area (TPSA) is 79.4 Å². The highest BCUT2D eigenvalue weighted by Crippen LogP contribution is 2.27. The summed E-state index contributed by atoms with van der Waals surface area (Å²) in [6, 6.07) is 10.4. The highest BCUT2D eigenvalue weighted by Gasteiger charge is 2.27. The van der Waals surface area contributed by atoms with Gasteiger partial charge >= 0.3 is 0 Å². The number of nitrogens with zero attached hydrogens (tertiary/aromatic N) is 2. The van der Waals surface area contributed by atoms with Crippen molar-refractivity contribution in [1.29, 1.82) is 0 Å². The fraction of sp³-hybridized carbons (Fsp3) is 0.455. The molecular formula is C22H29N3O3S2. The molecule has 0 saturated carbocycles. The normalized spacial score (nSPS) is 17.3. The minimum Gasteiger partial charge on any atom is -0.338 e. The van der Waals surface area contributed by atoms with Gasteiger partial charge in [-0.1, -0.05) is 31.5 Å². The van der Waals surface area contributed by atoms with E-state index in [1.165, 1.54) is 0 Å². The molecule has 1 aliphatic rings. The van der Waals surface area contributed by atoms with Gasteiger partial charge in [0.15, 0.2) is 0 Å². The third kappa shape index (κ3) is 5.83. The standard InChI is InChI=1S/C22H29N3O3S2/c1-16(2)29-21-20(7-4-12-23-21)22(26)25-13-5-6-18(15-25)14-24-30(27,28)19-10-8-17(3)9-11-19/h4,7-12,16,18,24H,5-6,13-15H2,1-3H3. The zero-order valence-corrected chi connectivity index (χ0v) is 19.3. The number of hydrogen-bond acceptors (Lipinski definition) is 5. The lowest BCUT2D eigenvalue weighted by Gasteiger charge is -2.33. The summed E-state index contributed by atoms with van der Waals surface area (Å²) in [4.78, 5) is 19.6. The Morgan fingerprint density at radius 3 is 2.70 bits per heavy atom. The summed E-state index contributed by atoms with van der Waals surface area (Å²) < 4.78 is 27.9. The van der Waals surface area contributed by atoms with Gasteiger partial charge in [0, 0.05) is 31.1 Å². The van der Waals surface area contributed by atoms with Crippen molar-refractivity contribution < 1.29 is 13.2 Å². The minimum absolute atomic E-state index is 0.0302. The SMILES string of the molecule is Cc1ccc(S(=O)(=O)NCC2CCCN(C(=O)c3cccnc3SC(C)C)C2)cc1. The van der Waals surface area contributed by atoms with Crippen molar-refractivity contribution in [2.75, 3.05) is 19.6 Å². The molecule has 0 aliphatic carbocycles. The molecule has 0 radical (unpaired) electrons. The van der Waals surface area contributed by atoms with Gasteiger partial charge in [-0.25, -0.2) is 18.1 Å². The second-order valence-corrected chi connectivity index (χ2v) is 11.3. The Labute approximate surface area is 183 Å². The number of aromatic nitrogens is 1. The number of carbonyl (C=O) groups is 1. The van der Waals surface area contributed by atoms with Crippen LogP contribution < -0.4 is 4.72 Å². The lowest BCUT2D eigenvalue weighted by atomic mass is 9.98. The number of nitrogens with one attached hydrogen (secondary N) is 1. The van der Waals surface area contributed by atoms with Crippen LogP contribution in [0.5, 0.6) is 0 Å². The van der Waals surface area contributed by atoms with Crippen molar-refractivity contribution in [3.63, 3.8) is 0 Å². The maximum atomic E-state index is 13.1. The van der Waals surface area contributed by atoms with Crippen LogP contribution in [0.4, 0.5) is 0 Å². The largest absolute Gasteiger partial charge is 0.338 e. The van der Waals surface area contributed by atoms with E-state index in [0.717, 1.165) is 23.4 Å². The van der Waals surface area contributed by atoms with Gasteiger partial charge in [-0.3, -0.25) is 4.79 Å². The molecule has 1 N–H and O–H groups in total. The number of sulfonamides is 1. The number of aryl methyl sites for hydroxylation is 1. The van der Waals surface area contributed by atoms with E-state index < -0.39 is 10.0 Å². The smallest absolute Gasteiger partial charge is 0.256 e. The molecule has 1 unspecified atom stereocenters. The first-order valence-electron chi connectivity index (χ1n) is 10.2. The molecule has 2 heterocycles. The van der Waals surface area contributed by atoms with Crippen LogP contribution >= 0.6 is 11.8 Å². The Bertz CT molecular complexity index is 975. The van der Waals surface area contributed by atoms with Crippen LogP contribution in [-0.4, -0.2) is 49.1 Å². The maximum absolute atomic E-state index is 13.1. The van der Waals surface area contributed by atoms with Crippen LogP contribution in [0.15, 0.2) is 52.5 Å². The van der Waals surface area contributed by atoms with Crippen LogP contribution in [-0.2, 0) is 10.0 Å². The first-order chi connectivity index (χ1) is 14.3. The number of carbonyl (C=O) groups excluding carboxylic acids is 1. The van der Waals surface area contributed by atoms with Crippen LogP contribution in [0.1, 0.15) is 42.6 Å². The number of rotatable bonds is 7. The number of hydrogen-bond donors (Lipinski definition) is 1. The highest BCUT2D eigenvalue weighted by atomic mass is 32.2. The van der Waals surface area contributed by atoms with Gasteiger partial charge in [0.25, 0.3) is 5.91 Å². The summed E-state index contributed by atoms with van der Waals surface area (Å²) in [6.07, 6.45) is 3.46. The Morgan fingerprint density at radius 1 is 1.27 bits per heavy atom. The monoisotopic (exact) mass is 447 g/mol. The Balaban J connectivity index is 1.64. The third-order valence-corrected chi connectivity index (χ3v) is 7.51. The molecule has 8 heteroatoms. The summed E-state index contributed by atoms with van der Waals surface area (Å²) in [7, 11) is -3.55. The van der Waals surface area contributed by atoms with E-state index in [1.807, 2.05) is 17.9 Å². The Kier molecular flexibility index (Phi) is 7.55. The molecule has 1 aromatic carbocycles. The van der Waals surface area contributed by atoms with Gasteiger partial charge in [0.2, 0.25) is 10.0 Å². The number of pyridine rings is 1. The first-order valence-corrected chi connectivity index (χ1v) is 12.6. The van der Waals surface area contributed by atoms with Gasteiger partial charge in [-0.05, 0) is 49.9 Å². The van der Waals surface area contributed by atoms with Crippen LogP contribution in [0.25, 0.3) is 0 Å². The molecule has 6 nitrogen and oxygen atoms in total. The second-order valence-electron chi connectivity index (χ2n) is 7.95. The van der Waals surface area contributed by atoms with Crippen LogP contribution in [0.2, 0.25) is 0 Å². The van der Waals surface area contributed by atoms with Gasteiger partial charge in [-0.15, -0.1) is 11.8 Å². The van der Waals surface area contributed by atoms with E-state index in [1.54, 1.807) is 48.3 Å². The summed E-state index contributed by atoms with van der Waals surface area (Å²) in [5, 5.41) is 1.08. The van der Waals surface area contributed by atoms with Gasteiger partial charge < -0.3 is 4.90 Å². The molecule has 162 valence electrons. The second kappa shape index (κ2) is 9.94. The maximum Gasteiger partial charge on any atom is 0.256 e. The van der Waals surface area contributed by atoms with Gasteiger partial charge in [0.1, 0.15) is 5.03 Å². The summed E-state index contributed by atoms with van der Waals surface area (Å²) in [5.41, 5.74) is 1.64. The molecule has 1 amide bonds. The zero-order chi connectivity index (χ0) is 21.7. The van der Waals surface area contributed by atoms with E-state index in [4.69, 9.17) is 0 Å². The van der Waals surface area contributed by atoms with Crippen molar-refractivity contribution in [2.24, 2.45) is 5.92 Å². The van der Waals surface area contributed by atoms with E-state index in [9.17, 15) is 13.2 Å². The quantitative estimate of drug-likeness (QED) is 0.655. The molecular weight excluding hydrogens is 418 g/mol. The summed E-state index contributed by atoms with van der Waals surface area (Å²) in [5.74, 6) is 0.0538. The molecule has 30 heavy (non-hydrogen) atoms. The fourth-order valence-corrected chi connectivity index (χ4v) is 5.45. The third-order valence-electron chi connectivity index (χ3n) is 5.05. The predicted octanol–water partition coefficient (Wildman–Crippen LogP) is 3.72. The molecule has 3 rings (SSSR count). The number of benzene rings is 1. The highest BCUT2D eigenvalue weighted by molar-refractivity contribution is 7.99. The molecule has 0 spiro atoms. The molecule has 1 atom stereocenters. The van der Waals surface area contributed by atoms with Gasteiger partial charge in [0.05, 0.1) is 10.5 Å². The summed E-state index contributed by atoms with van der Waals surface area (Å²) >= 11 is 1.58. The molecule has 0 bridgehead atoms. The van der Waals surface area contributed by atoms with E-state index >= 15 is 0 Å². The van der Waals surface area contributed by atoms with Gasteiger partial charge in [-0.2, -0.15) is 0 Å². The molecule has 1 aliphatic heterocycles. The van der Waals surface area contributed by atoms with Crippen molar-refractivity contribution in [2.45, 2.75) is 48.8 Å². The van der Waals surface area contributed by atoms with Crippen molar-refractivity contribution >= 4 is 27.7 Å². The minimum atomic E-state index is -3.55. The van der Waals surface area contributed by atoms with E-state index in [0.29, 0.717) is 30.4 Å². The number of piperidine rings is 1. The first kappa shape index (κ1) is 22.8. The van der Waals surface area contributed by atoms with E-state index in [2.05, 4.69) is 23.6 Å². The lowest BCUT2D eigenvalue weighted by molar-refractivity contribution is 0.0672. The zero-order valence-electron chi connectivity index (χ0n) is 17.7. The number of amides is 1. The average molecular weight is 448 g/mol. The molecule has 1 fully saturated rings. The van der Waals surface area contributed by atoms with Crippen molar-refractivity contribution in [1.82, 2.24) is 14.6 Å². The molecule has 2 aromatic rings. The lowest BCUT2D eigenvalue weighted by Crippen LogP contribution is -2.43. The fourth-order valence-electron chi connectivity index (χ4n) is 3.49. The number of thioether (sulfide) groups is 1. The number of likely N-dealkylation sites (tertiary alicyclic amines) is 1. The van der Waals surface area contributed by atoms with Crippen LogP contribution in [0, 0.1) is 12.8 Å². The Hall–Kier alpha value is -1.90. The Morgan fingerprint density at radius 2 is 2.00 bits per heavy atom.